The monoisotopic (exact) mass is 420 g/mol. The molecule has 0 saturated heterocycles. The molecule has 9 heteroatoms. The summed E-state index contributed by atoms with van der Waals surface area (Å²) < 4.78 is 6.72. The highest BCUT2D eigenvalue weighted by Gasteiger charge is 2.17. The Morgan fingerprint density at radius 3 is 2.82 bits per heavy atom. The van der Waals surface area contributed by atoms with E-state index in [4.69, 9.17) is 16.3 Å². The van der Waals surface area contributed by atoms with Crippen LogP contribution >= 0.6 is 22.9 Å². The number of carbonyl (C=O) groups excluding carboxylic acids is 2. The van der Waals surface area contributed by atoms with E-state index in [2.05, 4.69) is 15.7 Å². The molecule has 0 fully saturated rings. The maximum absolute atomic E-state index is 12.4. The first-order valence-electron chi connectivity index (χ1n) is 8.73. The highest BCUT2D eigenvalue weighted by molar-refractivity contribution is 7.20. The fourth-order valence-corrected chi connectivity index (χ4v) is 4.00. The lowest BCUT2D eigenvalue weighted by atomic mass is 10.2. The third-order valence-electron chi connectivity index (χ3n) is 4.15. The topological polar surface area (TPSA) is 85.2 Å². The Morgan fingerprint density at radius 1 is 1.29 bits per heavy atom. The van der Waals surface area contributed by atoms with Gasteiger partial charge in [0.05, 0.1) is 30.3 Å². The van der Waals surface area contributed by atoms with Crippen molar-refractivity contribution in [2.45, 2.75) is 13.5 Å². The largest absolute Gasteiger partial charge is 0.383 e. The number of benzene rings is 1. The summed E-state index contributed by atoms with van der Waals surface area (Å²) >= 11 is 7.60. The SMILES string of the molecule is COCCNC(=O)CNC(=O)c1cc2c(C)nn(Cc3ccccc3Cl)c2s1. The van der Waals surface area contributed by atoms with Gasteiger partial charge in [0.1, 0.15) is 4.83 Å². The van der Waals surface area contributed by atoms with Crippen LogP contribution < -0.4 is 10.6 Å². The molecule has 3 rings (SSSR count). The Bertz CT molecular complexity index is 998. The molecule has 2 aromatic heterocycles. The summed E-state index contributed by atoms with van der Waals surface area (Å²) in [6.45, 7) is 3.18. The zero-order valence-corrected chi connectivity index (χ0v) is 17.2. The molecule has 0 radical (unpaired) electrons. The fourth-order valence-electron chi connectivity index (χ4n) is 2.72. The van der Waals surface area contributed by atoms with Crippen LogP contribution in [0.25, 0.3) is 10.2 Å². The van der Waals surface area contributed by atoms with Crippen molar-refractivity contribution >= 4 is 45.0 Å². The zero-order chi connectivity index (χ0) is 20.1. The first-order chi connectivity index (χ1) is 13.5. The summed E-state index contributed by atoms with van der Waals surface area (Å²) in [7, 11) is 1.56. The molecular formula is C19H21ClN4O3S. The first kappa shape index (κ1) is 20.3. The van der Waals surface area contributed by atoms with Crippen molar-refractivity contribution in [3.05, 3.63) is 51.5 Å². The van der Waals surface area contributed by atoms with Crippen LogP contribution in [0.15, 0.2) is 30.3 Å². The van der Waals surface area contributed by atoms with E-state index in [0.29, 0.717) is 29.6 Å². The number of amides is 2. The summed E-state index contributed by atoms with van der Waals surface area (Å²) in [6, 6.07) is 9.42. The molecule has 2 N–H and O–H groups in total. The molecule has 1 aromatic carbocycles. The van der Waals surface area contributed by atoms with Gasteiger partial charge < -0.3 is 15.4 Å². The third-order valence-corrected chi connectivity index (χ3v) is 5.66. The highest BCUT2D eigenvalue weighted by atomic mass is 35.5. The van der Waals surface area contributed by atoms with E-state index in [9.17, 15) is 9.59 Å². The summed E-state index contributed by atoms with van der Waals surface area (Å²) in [5, 5.41) is 11.5. The number of fused-ring (bicyclic) bond motifs is 1. The van der Waals surface area contributed by atoms with Gasteiger partial charge in [-0.3, -0.25) is 14.3 Å². The minimum Gasteiger partial charge on any atom is -0.383 e. The highest BCUT2D eigenvalue weighted by Crippen LogP contribution is 2.29. The number of aromatic nitrogens is 2. The van der Waals surface area contributed by atoms with Crippen LogP contribution in [0.3, 0.4) is 0 Å². The summed E-state index contributed by atoms with van der Waals surface area (Å²) in [5.41, 5.74) is 1.80. The maximum Gasteiger partial charge on any atom is 0.261 e. The molecule has 28 heavy (non-hydrogen) atoms. The number of carbonyl (C=O) groups is 2. The van der Waals surface area contributed by atoms with E-state index >= 15 is 0 Å². The molecule has 0 aliphatic heterocycles. The molecular weight excluding hydrogens is 400 g/mol. The molecule has 7 nitrogen and oxygen atoms in total. The lowest BCUT2D eigenvalue weighted by molar-refractivity contribution is -0.120. The Morgan fingerprint density at radius 2 is 2.07 bits per heavy atom. The van der Waals surface area contributed by atoms with Crippen LogP contribution in [-0.2, 0) is 16.1 Å². The van der Waals surface area contributed by atoms with Crippen molar-refractivity contribution in [1.29, 1.82) is 0 Å². The van der Waals surface area contributed by atoms with Crippen LogP contribution in [0.5, 0.6) is 0 Å². The van der Waals surface area contributed by atoms with Crippen LogP contribution in [0.4, 0.5) is 0 Å². The summed E-state index contributed by atoms with van der Waals surface area (Å²) in [4.78, 5) is 25.6. The van der Waals surface area contributed by atoms with Crippen LogP contribution in [-0.4, -0.2) is 48.4 Å². The van der Waals surface area contributed by atoms with E-state index in [1.54, 1.807) is 7.11 Å². The van der Waals surface area contributed by atoms with E-state index in [0.717, 1.165) is 21.5 Å². The number of hydrogen-bond acceptors (Lipinski definition) is 5. The molecule has 0 aliphatic rings. The van der Waals surface area contributed by atoms with Crippen LogP contribution in [0, 0.1) is 6.92 Å². The molecule has 0 unspecified atom stereocenters. The Hall–Kier alpha value is -2.42. The first-order valence-corrected chi connectivity index (χ1v) is 9.93. The zero-order valence-electron chi connectivity index (χ0n) is 15.6. The summed E-state index contributed by atoms with van der Waals surface area (Å²) in [6.07, 6.45) is 0. The van der Waals surface area contributed by atoms with Gasteiger partial charge in [0, 0.05) is 24.1 Å². The number of thiophene rings is 1. The lowest BCUT2D eigenvalue weighted by Crippen LogP contribution is -2.37. The van der Waals surface area contributed by atoms with Gasteiger partial charge in [-0.05, 0) is 24.6 Å². The summed E-state index contributed by atoms with van der Waals surface area (Å²) in [5.74, 6) is -0.542. The number of halogens is 1. The van der Waals surface area contributed by atoms with Crippen LogP contribution in [0.1, 0.15) is 20.9 Å². The van der Waals surface area contributed by atoms with Gasteiger partial charge in [-0.1, -0.05) is 29.8 Å². The van der Waals surface area contributed by atoms with Gasteiger partial charge in [0.2, 0.25) is 5.91 Å². The van der Waals surface area contributed by atoms with Crippen molar-refractivity contribution < 1.29 is 14.3 Å². The van der Waals surface area contributed by atoms with Gasteiger partial charge >= 0.3 is 0 Å². The van der Waals surface area contributed by atoms with Crippen molar-refractivity contribution in [2.24, 2.45) is 0 Å². The molecule has 148 valence electrons. The molecule has 0 spiro atoms. The lowest BCUT2D eigenvalue weighted by Gasteiger charge is -2.06. The fraction of sp³-hybridized carbons (Fsp3) is 0.316. The number of nitrogens with zero attached hydrogens (tertiary/aromatic N) is 2. The number of ether oxygens (including phenoxy) is 1. The standard InChI is InChI=1S/C19H21ClN4O3S/c1-12-14-9-16(18(26)22-10-17(25)21-7-8-27-2)28-19(14)24(23-12)11-13-5-3-4-6-15(13)20/h3-6,9H,7-8,10-11H2,1-2H3,(H,21,25)(H,22,26). The average Bonchev–Trinajstić information content (AvgIpc) is 3.23. The van der Waals surface area contributed by atoms with E-state index < -0.39 is 0 Å². The van der Waals surface area contributed by atoms with Gasteiger partial charge in [-0.2, -0.15) is 5.10 Å². The van der Waals surface area contributed by atoms with E-state index in [1.165, 1.54) is 11.3 Å². The van der Waals surface area contributed by atoms with Gasteiger partial charge in [0.15, 0.2) is 0 Å². The Labute approximate surface area is 171 Å². The maximum atomic E-state index is 12.4. The molecule has 0 atom stereocenters. The molecule has 2 amide bonds. The van der Waals surface area contributed by atoms with E-state index in [-0.39, 0.29) is 18.4 Å². The van der Waals surface area contributed by atoms with Crippen molar-refractivity contribution in [1.82, 2.24) is 20.4 Å². The third kappa shape index (κ3) is 4.70. The molecule has 2 heterocycles. The van der Waals surface area contributed by atoms with Crippen molar-refractivity contribution in [3.8, 4) is 0 Å². The van der Waals surface area contributed by atoms with E-state index in [1.807, 2.05) is 41.9 Å². The second-order valence-corrected chi connectivity index (χ2v) is 7.63. The predicted molar refractivity (Wildman–Crippen MR) is 110 cm³/mol. The molecule has 0 saturated carbocycles. The Balaban J connectivity index is 1.71. The predicted octanol–water partition coefficient (Wildman–Crippen LogP) is 2.60. The Kier molecular flexibility index (Phi) is 6.66. The smallest absolute Gasteiger partial charge is 0.261 e. The number of hydrogen-bond donors (Lipinski definition) is 2. The van der Waals surface area contributed by atoms with Gasteiger partial charge in [-0.25, -0.2) is 0 Å². The van der Waals surface area contributed by atoms with Crippen molar-refractivity contribution in [3.63, 3.8) is 0 Å². The second kappa shape index (κ2) is 9.18. The number of rotatable bonds is 8. The van der Waals surface area contributed by atoms with Crippen molar-refractivity contribution in [2.75, 3.05) is 26.8 Å². The molecule has 0 bridgehead atoms. The number of aryl methyl sites for hydroxylation is 1. The minimum atomic E-state index is -0.285. The van der Waals surface area contributed by atoms with Gasteiger partial charge in [0.25, 0.3) is 5.91 Å². The normalized spacial score (nSPS) is 11.0. The van der Waals surface area contributed by atoms with Crippen LogP contribution in [0.2, 0.25) is 5.02 Å². The second-order valence-electron chi connectivity index (χ2n) is 6.19. The molecule has 3 aromatic rings. The quantitative estimate of drug-likeness (QED) is 0.548. The average molecular weight is 421 g/mol. The number of nitrogens with one attached hydrogen (secondary N) is 2. The molecule has 0 aliphatic carbocycles. The minimum absolute atomic E-state index is 0.0818. The van der Waals surface area contributed by atoms with Gasteiger partial charge in [-0.15, -0.1) is 11.3 Å². The number of methoxy groups -OCH3 is 1.